The predicted octanol–water partition coefficient (Wildman–Crippen LogP) is 6.49. The average Bonchev–Trinajstić information content (AvgIpc) is 2.80. The first-order valence-corrected chi connectivity index (χ1v) is 14.4. The molecule has 0 saturated heterocycles. The lowest BCUT2D eigenvalue weighted by Gasteiger charge is -2.27. The molecule has 0 aliphatic carbocycles. The Hall–Kier alpha value is -2.26. The highest BCUT2D eigenvalue weighted by molar-refractivity contribution is 7.76. The first-order chi connectivity index (χ1) is 15.6. The number of hydrogen-bond acceptors (Lipinski definition) is 0. The monoisotopic (exact) mass is 454 g/mol. The number of rotatable bonds is 7. The van der Waals surface area contributed by atoms with Gasteiger partial charge in [0.05, 0.1) is 0 Å². The fourth-order valence-corrected chi connectivity index (χ4v) is 10.6. The maximum absolute atomic E-state index is 2.36. The number of hydrogen-bond donors (Lipinski definition) is 0. The lowest BCUT2D eigenvalue weighted by molar-refractivity contribution is 1.45. The third kappa shape index (κ3) is 5.04. The Labute approximate surface area is 196 Å². The van der Waals surface area contributed by atoms with Crippen LogP contribution in [0.15, 0.2) is 97.1 Å². The van der Waals surface area contributed by atoms with Crippen molar-refractivity contribution in [1.29, 1.82) is 0 Å². The van der Waals surface area contributed by atoms with Crippen molar-refractivity contribution in [2.24, 2.45) is 0 Å². The van der Waals surface area contributed by atoms with Crippen LogP contribution in [0.5, 0.6) is 0 Å². The van der Waals surface area contributed by atoms with Crippen LogP contribution >= 0.6 is 15.8 Å². The molecule has 4 rings (SSSR count). The molecule has 0 atom stereocenters. The van der Waals surface area contributed by atoms with E-state index in [2.05, 4.69) is 125 Å². The fourth-order valence-electron chi connectivity index (χ4n) is 4.41. The third-order valence-electron chi connectivity index (χ3n) is 6.17. The van der Waals surface area contributed by atoms with Crippen molar-refractivity contribution in [3.63, 3.8) is 0 Å². The molecule has 0 N–H and O–H groups in total. The zero-order valence-electron chi connectivity index (χ0n) is 19.5. The van der Waals surface area contributed by atoms with Gasteiger partial charge in [0.2, 0.25) is 0 Å². The Balaban J connectivity index is 1.75. The first-order valence-electron chi connectivity index (χ1n) is 11.3. The van der Waals surface area contributed by atoms with Crippen molar-refractivity contribution in [2.45, 2.75) is 27.7 Å². The molecule has 0 unspecified atom stereocenters. The van der Waals surface area contributed by atoms with Gasteiger partial charge in [-0.05, 0) is 99.3 Å². The maximum Gasteiger partial charge on any atom is -0.0166 e. The Kier molecular flexibility index (Phi) is 7.57. The molecule has 0 radical (unpaired) electrons. The average molecular weight is 455 g/mol. The predicted molar refractivity (Wildman–Crippen MR) is 147 cm³/mol. The summed E-state index contributed by atoms with van der Waals surface area (Å²) in [4.78, 5) is 0. The Morgan fingerprint density at radius 2 is 0.594 bits per heavy atom. The van der Waals surface area contributed by atoms with E-state index >= 15 is 0 Å². The second kappa shape index (κ2) is 10.6. The van der Waals surface area contributed by atoms with Crippen molar-refractivity contribution in [1.82, 2.24) is 0 Å². The molecule has 0 fully saturated rings. The highest BCUT2D eigenvalue weighted by atomic mass is 31.1. The molecule has 0 aliphatic rings. The molecular weight excluding hydrogens is 422 g/mol. The summed E-state index contributed by atoms with van der Waals surface area (Å²) in [6.07, 6.45) is 2.42. The Morgan fingerprint density at radius 1 is 0.375 bits per heavy atom. The second-order valence-electron chi connectivity index (χ2n) is 8.45. The highest BCUT2D eigenvalue weighted by Crippen LogP contribution is 2.43. The van der Waals surface area contributed by atoms with E-state index in [0.717, 1.165) is 0 Å². The van der Waals surface area contributed by atoms with E-state index in [1.807, 2.05) is 0 Å². The minimum absolute atomic E-state index is 0.409. The Morgan fingerprint density at radius 3 is 0.812 bits per heavy atom. The molecule has 0 aromatic heterocycles. The van der Waals surface area contributed by atoms with Gasteiger partial charge >= 0.3 is 0 Å². The van der Waals surface area contributed by atoms with Gasteiger partial charge in [0.15, 0.2) is 0 Å². The van der Waals surface area contributed by atoms with Crippen LogP contribution in [-0.4, -0.2) is 12.3 Å². The lowest BCUT2D eigenvalue weighted by atomic mass is 10.2. The van der Waals surface area contributed by atoms with E-state index in [1.165, 1.54) is 55.8 Å². The van der Waals surface area contributed by atoms with Crippen molar-refractivity contribution in [3.8, 4) is 0 Å². The van der Waals surface area contributed by atoms with E-state index in [9.17, 15) is 0 Å². The van der Waals surface area contributed by atoms with Crippen molar-refractivity contribution in [2.75, 3.05) is 12.3 Å². The summed E-state index contributed by atoms with van der Waals surface area (Å²) in [5.74, 6) is 0. The molecule has 0 aliphatic heterocycles. The van der Waals surface area contributed by atoms with E-state index in [-0.39, 0.29) is 0 Å². The Bertz CT molecular complexity index is 1010. The summed E-state index contributed by atoms with van der Waals surface area (Å²) in [6, 6.07) is 36.0. The van der Waals surface area contributed by atoms with Crippen LogP contribution in [0.3, 0.4) is 0 Å². The molecule has 0 saturated carbocycles. The first kappa shape index (κ1) is 22.9. The molecule has 0 spiro atoms. The minimum Gasteiger partial charge on any atom is -0.0620 e. The summed E-state index contributed by atoms with van der Waals surface area (Å²) < 4.78 is 0. The summed E-state index contributed by atoms with van der Waals surface area (Å²) in [5, 5.41) is 6.12. The van der Waals surface area contributed by atoms with Gasteiger partial charge in [0, 0.05) is 0 Å². The minimum atomic E-state index is -0.409. The summed E-state index contributed by atoms with van der Waals surface area (Å²) >= 11 is 0. The third-order valence-corrected chi connectivity index (χ3v) is 12.2. The largest absolute Gasteiger partial charge is 0.0620 e. The van der Waals surface area contributed by atoms with Crippen molar-refractivity contribution in [3.05, 3.63) is 119 Å². The SMILES string of the molecule is Cc1ccccc1P(CCP(c1ccccc1C)c1ccccc1C)c1ccccc1C. The van der Waals surface area contributed by atoms with E-state index in [4.69, 9.17) is 0 Å². The van der Waals surface area contributed by atoms with Gasteiger partial charge in [-0.1, -0.05) is 97.1 Å². The van der Waals surface area contributed by atoms with E-state index in [1.54, 1.807) is 0 Å². The van der Waals surface area contributed by atoms with Gasteiger partial charge < -0.3 is 0 Å². The smallest absolute Gasteiger partial charge is 0.0166 e. The maximum atomic E-state index is 2.36. The van der Waals surface area contributed by atoms with Gasteiger partial charge in [-0.3, -0.25) is 0 Å². The number of benzene rings is 4. The molecule has 4 aromatic rings. The molecular formula is C30H32P2. The van der Waals surface area contributed by atoms with Gasteiger partial charge in [-0.15, -0.1) is 0 Å². The van der Waals surface area contributed by atoms with Gasteiger partial charge in [-0.25, -0.2) is 0 Å². The molecule has 4 aromatic carbocycles. The lowest BCUT2D eigenvalue weighted by Crippen LogP contribution is -2.23. The molecule has 0 amide bonds. The van der Waals surface area contributed by atoms with Crippen LogP contribution in [0.4, 0.5) is 0 Å². The molecule has 32 heavy (non-hydrogen) atoms. The molecule has 0 bridgehead atoms. The van der Waals surface area contributed by atoms with Crippen molar-refractivity contribution >= 4 is 37.1 Å². The summed E-state index contributed by atoms with van der Waals surface area (Å²) in [7, 11) is -0.818. The van der Waals surface area contributed by atoms with E-state index in [0.29, 0.717) is 0 Å². The van der Waals surface area contributed by atoms with Crippen LogP contribution in [-0.2, 0) is 0 Å². The second-order valence-corrected chi connectivity index (χ2v) is 13.0. The number of aryl methyl sites for hydroxylation is 4. The van der Waals surface area contributed by atoms with Crippen molar-refractivity contribution < 1.29 is 0 Å². The molecule has 162 valence electrons. The standard InChI is InChI=1S/C30H32P2/c1-23-13-5-9-17-27(23)31(28-18-10-6-14-24(28)2)21-22-32(29-19-11-7-15-25(29)3)30-20-12-8-16-26(30)4/h5-20H,21-22H2,1-4H3. The van der Waals surface area contributed by atoms with Crippen LogP contribution in [0.25, 0.3) is 0 Å². The van der Waals surface area contributed by atoms with Crippen LogP contribution in [0.1, 0.15) is 22.3 Å². The zero-order valence-corrected chi connectivity index (χ0v) is 21.3. The topological polar surface area (TPSA) is 0 Å². The fraction of sp³-hybridized carbons (Fsp3) is 0.200. The summed E-state index contributed by atoms with van der Waals surface area (Å²) in [6.45, 7) is 9.09. The summed E-state index contributed by atoms with van der Waals surface area (Å²) in [5.41, 5.74) is 5.66. The molecule has 0 heterocycles. The normalized spacial score (nSPS) is 11.3. The van der Waals surface area contributed by atoms with Gasteiger partial charge in [0.1, 0.15) is 0 Å². The molecule has 0 nitrogen and oxygen atoms in total. The van der Waals surface area contributed by atoms with Gasteiger partial charge in [-0.2, -0.15) is 0 Å². The highest BCUT2D eigenvalue weighted by Gasteiger charge is 2.22. The zero-order chi connectivity index (χ0) is 22.5. The van der Waals surface area contributed by atoms with Gasteiger partial charge in [0.25, 0.3) is 0 Å². The molecule has 2 heteroatoms. The quantitative estimate of drug-likeness (QED) is 0.280. The van der Waals surface area contributed by atoms with E-state index < -0.39 is 15.8 Å². The van der Waals surface area contributed by atoms with Crippen LogP contribution < -0.4 is 21.2 Å². The van der Waals surface area contributed by atoms with Crippen LogP contribution in [0.2, 0.25) is 0 Å². The van der Waals surface area contributed by atoms with Crippen LogP contribution in [0, 0.1) is 27.7 Å².